The van der Waals surface area contributed by atoms with E-state index in [0.29, 0.717) is 19.4 Å². The number of primary amides is 1. The van der Waals surface area contributed by atoms with Gasteiger partial charge in [-0.2, -0.15) is 13.2 Å². The smallest absolute Gasteiger partial charge is 0.419 e. The van der Waals surface area contributed by atoms with Crippen LogP contribution in [-0.2, 0) is 15.8 Å². The molecule has 2 rings (SSSR count). The Balaban J connectivity index is 2.15. The fraction of sp³-hybridized carbons (Fsp3) is 0.467. The number of carbonyl (C=O) groups excluding carboxylic acids is 2. The first-order valence-electron chi connectivity index (χ1n) is 7.14. The number of alkyl halides is 3. The van der Waals surface area contributed by atoms with Crippen LogP contribution in [0.3, 0.4) is 0 Å². The molecule has 1 aromatic carbocycles. The Labute approximate surface area is 131 Å². The molecule has 126 valence electrons. The first kappa shape index (κ1) is 17.1. The molecule has 2 amide bonds. The zero-order chi connectivity index (χ0) is 17.2. The summed E-state index contributed by atoms with van der Waals surface area (Å²) < 4.78 is 44.0. The summed E-state index contributed by atoms with van der Waals surface area (Å²) in [7, 11) is 0. The molecule has 0 aliphatic carbocycles. The highest BCUT2D eigenvalue weighted by Gasteiger charge is 2.37. The van der Waals surface area contributed by atoms with E-state index in [0.717, 1.165) is 12.1 Å². The molecule has 1 aliphatic rings. The van der Waals surface area contributed by atoms with E-state index in [-0.39, 0.29) is 0 Å². The molecule has 8 heteroatoms. The minimum absolute atomic E-state index is 0.334. The van der Waals surface area contributed by atoms with Crippen LogP contribution in [0.5, 0.6) is 5.75 Å². The van der Waals surface area contributed by atoms with Crippen LogP contribution < -0.4 is 10.5 Å². The first-order valence-corrected chi connectivity index (χ1v) is 7.14. The van der Waals surface area contributed by atoms with Crippen molar-refractivity contribution in [3.05, 3.63) is 29.8 Å². The molecule has 2 N–H and O–H groups in total. The SMILES string of the molecule is C[C@@H](Oc1ccccc1C(F)(F)F)C(=O)N1CCC[C@H]1C(N)=O. The van der Waals surface area contributed by atoms with Crippen LogP contribution in [-0.4, -0.2) is 35.4 Å². The second-order valence-corrected chi connectivity index (χ2v) is 5.35. The largest absolute Gasteiger partial charge is 0.480 e. The predicted octanol–water partition coefficient (Wildman–Crippen LogP) is 1.95. The average Bonchev–Trinajstić information content (AvgIpc) is 2.95. The topological polar surface area (TPSA) is 72.6 Å². The Morgan fingerprint density at radius 2 is 2.00 bits per heavy atom. The van der Waals surface area contributed by atoms with E-state index < -0.39 is 41.4 Å². The number of amides is 2. The molecular formula is C15H17F3N2O3. The van der Waals surface area contributed by atoms with Gasteiger partial charge in [-0.3, -0.25) is 9.59 Å². The first-order chi connectivity index (χ1) is 10.7. The number of likely N-dealkylation sites (tertiary alicyclic amines) is 1. The zero-order valence-electron chi connectivity index (χ0n) is 12.5. The Morgan fingerprint density at radius 1 is 1.35 bits per heavy atom. The predicted molar refractivity (Wildman–Crippen MR) is 75.5 cm³/mol. The lowest BCUT2D eigenvalue weighted by atomic mass is 10.2. The molecule has 1 aromatic rings. The van der Waals surface area contributed by atoms with Gasteiger partial charge >= 0.3 is 6.18 Å². The third-order valence-corrected chi connectivity index (χ3v) is 3.71. The van der Waals surface area contributed by atoms with Crippen molar-refractivity contribution >= 4 is 11.8 Å². The van der Waals surface area contributed by atoms with Crippen LogP contribution in [0.2, 0.25) is 0 Å². The van der Waals surface area contributed by atoms with Crippen molar-refractivity contribution in [3.63, 3.8) is 0 Å². The lowest BCUT2D eigenvalue weighted by Crippen LogP contribution is -2.48. The minimum Gasteiger partial charge on any atom is -0.480 e. The number of ether oxygens (including phenoxy) is 1. The zero-order valence-corrected chi connectivity index (χ0v) is 12.5. The molecule has 0 saturated carbocycles. The summed E-state index contributed by atoms with van der Waals surface area (Å²) in [5, 5.41) is 0. The van der Waals surface area contributed by atoms with Gasteiger partial charge < -0.3 is 15.4 Å². The average molecular weight is 330 g/mol. The lowest BCUT2D eigenvalue weighted by Gasteiger charge is -2.26. The molecule has 1 aliphatic heterocycles. The standard InChI is InChI=1S/C15H17F3N2O3/c1-9(14(22)20-8-4-6-11(20)13(19)21)23-12-7-3-2-5-10(12)15(16,17)18/h2-3,5,7,9,11H,4,6,8H2,1H3,(H2,19,21)/t9-,11+/m1/s1. The summed E-state index contributed by atoms with van der Waals surface area (Å²) in [4.78, 5) is 24.9. The van der Waals surface area contributed by atoms with Crippen molar-refractivity contribution in [1.29, 1.82) is 0 Å². The van der Waals surface area contributed by atoms with E-state index in [4.69, 9.17) is 10.5 Å². The fourth-order valence-corrected chi connectivity index (χ4v) is 2.60. The number of carbonyl (C=O) groups is 2. The quantitative estimate of drug-likeness (QED) is 0.917. The number of nitrogens with zero attached hydrogens (tertiary/aromatic N) is 1. The summed E-state index contributed by atoms with van der Waals surface area (Å²) in [6.45, 7) is 1.69. The molecule has 0 radical (unpaired) electrons. The molecule has 23 heavy (non-hydrogen) atoms. The van der Waals surface area contributed by atoms with Gasteiger partial charge in [-0.25, -0.2) is 0 Å². The van der Waals surface area contributed by atoms with Crippen LogP contribution in [0.15, 0.2) is 24.3 Å². The van der Waals surface area contributed by atoms with Crippen molar-refractivity contribution in [3.8, 4) is 5.75 Å². The van der Waals surface area contributed by atoms with Crippen LogP contribution in [0.4, 0.5) is 13.2 Å². The fourth-order valence-electron chi connectivity index (χ4n) is 2.60. The maximum atomic E-state index is 12.9. The van der Waals surface area contributed by atoms with Gasteiger partial charge in [0.2, 0.25) is 5.91 Å². The highest BCUT2D eigenvalue weighted by molar-refractivity contribution is 5.89. The summed E-state index contributed by atoms with van der Waals surface area (Å²) >= 11 is 0. The van der Waals surface area contributed by atoms with Crippen LogP contribution >= 0.6 is 0 Å². The van der Waals surface area contributed by atoms with Crippen LogP contribution in [0.1, 0.15) is 25.3 Å². The number of hydrogen-bond acceptors (Lipinski definition) is 3. The third kappa shape index (κ3) is 3.75. The Bertz CT molecular complexity index is 604. The van der Waals surface area contributed by atoms with Gasteiger partial charge in [-0.05, 0) is 31.9 Å². The van der Waals surface area contributed by atoms with Gasteiger partial charge in [0.1, 0.15) is 11.8 Å². The minimum atomic E-state index is -4.58. The lowest BCUT2D eigenvalue weighted by molar-refractivity contribution is -0.145. The normalized spacial score (nSPS) is 19.5. The Morgan fingerprint density at radius 3 is 2.61 bits per heavy atom. The van der Waals surface area contributed by atoms with Gasteiger partial charge in [0.05, 0.1) is 5.56 Å². The number of rotatable bonds is 4. The molecule has 2 atom stereocenters. The molecule has 0 aromatic heterocycles. The number of nitrogens with two attached hydrogens (primary N) is 1. The highest BCUT2D eigenvalue weighted by atomic mass is 19.4. The number of hydrogen-bond donors (Lipinski definition) is 1. The maximum absolute atomic E-state index is 12.9. The molecule has 1 fully saturated rings. The number of benzene rings is 1. The molecule has 0 spiro atoms. The van der Waals surface area contributed by atoms with E-state index in [2.05, 4.69) is 0 Å². The van der Waals surface area contributed by atoms with Crippen LogP contribution in [0, 0.1) is 0 Å². The summed E-state index contributed by atoms with van der Waals surface area (Å²) in [6.07, 6.45) is -4.67. The number of para-hydroxylation sites is 1. The summed E-state index contributed by atoms with van der Waals surface area (Å²) in [5.41, 5.74) is 4.29. The molecule has 1 saturated heterocycles. The highest BCUT2D eigenvalue weighted by Crippen LogP contribution is 2.36. The van der Waals surface area contributed by atoms with E-state index in [1.165, 1.54) is 24.0 Å². The van der Waals surface area contributed by atoms with Crippen molar-refractivity contribution in [2.24, 2.45) is 5.73 Å². The van der Waals surface area contributed by atoms with Gasteiger partial charge in [-0.15, -0.1) is 0 Å². The van der Waals surface area contributed by atoms with E-state index in [1.54, 1.807) is 0 Å². The van der Waals surface area contributed by atoms with Gasteiger partial charge in [0.15, 0.2) is 6.10 Å². The number of halogens is 3. The van der Waals surface area contributed by atoms with E-state index in [9.17, 15) is 22.8 Å². The van der Waals surface area contributed by atoms with Crippen LogP contribution in [0.25, 0.3) is 0 Å². The Hall–Kier alpha value is -2.25. The third-order valence-electron chi connectivity index (χ3n) is 3.71. The summed E-state index contributed by atoms with van der Waals surface area (Å²) in [5.74, 6) is -1.60. The Kier molecular flexibility index (Phi) is 4.82. The molecule has 0 bridgehead atoms. The van der Waals surface area contributed by atoms with Gasteiger partial charge in [0.25, 0.3) is 5.91 Å². The van der Waals surface area contributed by atoms with Crippen molar-refractivity contribution < 1.29 is 27.5 Å². The molecule has 0 unspecified atom stereocenters. The van der Waals surface area contributed by atoms with E-state index in [1.807, 2.05) is 0 Å². The molecular weight excluding hydrogens is 313 g/mol. The second kappa shape index (κ2) is 6.47. The maximum Gasteiger partial charge on any atom is 0.419 e. The van der Waals surface area contributed by atoms with Gasteiger partial charge in [-0.1, -0.05) is 12.1 Å². The molecule has 5 nitrogen and oxygen atoms in total. The van der Waals surface area contributed by atoms with Crippen molar-refractivity contribution in [2.75, 3.05) is 6.54 Å². The second-order valence-electron chi connectivity index (χ2n) is 5.35. The summed E-state index contributed by atoms with van der Waals surface area (Å²) in [6, 6.07) is 3.94. The molecule has 1 heterocycles. The van der Waals surface area contributed by atoms with E-state index >= 15 is 0 Å². The van der Waals surface area contributed by atoms with Crippen molar-refractivity contribution in [1.82, 2.24) is 4.90 Å². The monoisotopic (exact) mass is 330 g/mol. The van der Waals surface area contributed by atoms with Gasteiger partial charge in [0, 0.05) is 6.54 Å². The van der Waals surface area contributed by atoms with Crippen molar-refractivity contribution in [2.45, 2.75) is 38.1 Å².